The molecule has 6 rings (SSSR count). The first kappa shape index (κ1) is 23.1. The summed E-state index contributed by atoms with van der Waals surface area (Å²) in [6, 6.07) is 26.0. The predicted molar refractivity (Wildman–Crippen MR) is 141 cm³/mol. The van der Waals surface area contributed by atoms with Gasteiger partial charge in [-0.05, 0) is 52.2 Å². The Balaban J connectivity index is 1.35. The second-order valence-corrected chi connectivity index (χ2v) is 8.89. The van der Waals surface area contributed by atoms with Gasteiger partial charge in [-0.25, -0.2) is 9.48 Å². The Kier molecular flexibility index (Phi) is 5.85. The lowest BCUT2D eigenvalue weighted by molar-refractivity contribution is 0.0696. The Bertz CT molecular complexity index is 1790. The van der Waals surface area contributed by atoms with Crippen molar-refractivity contribution in [2.24, 2.45) is 0 Å². The molecule has 0 saturated carbocycles. The Labute approximate surface area is 216 Å². The molecule has 0 unspecified atom stereocenters. The lowest BCUT2D eigenvalue weighted by atomic mass is 10.0. The number of aromatic carboxylic acids is 1. The third kappa shape index (κ3) is 4.48. The molecule has 0 aliphatic heterocycles. The largest absolute Gasteiger partial charge is 0.478 e. The van der Waals surface area contributed by atoms with Gasteiger partial charge < -0.3 is 14.9 Å². The standard InChI is InChI=1S/C29H21N5O4/c35-28(30-16-18-5-9-21(10-6-18)29(36)37)24-14-23(25-11-12-38-32-25)15-26-27(24)34(33-31-26)17-19-7-8-20-3-1-2-4-22(20)13-19/h1-15H,16-17H2,(H,30,35)(H,36,37). The van der Waals surface area contributed by atoms with Crippen LogP contribution in [0.5, 0.6) is 0 Å². The van der Waals surface area contributed by atoms with Gasteiger partial charge in [0.2, 0.25) is 0 Å². The number of aromatic nitrogens is 4. The van der Waals surface area contributed by atoms with E-state index in [1.165, 1.54) is 18.4 Å². The zero-order valence-corrected chi connectivity index (χ0v) is 20.0. The van der Waals surface area contributed by atoms with Crippen molar-refractivity contribution in [1.29, 1.82) is 0 Å². The van der Waals surface area contributed by atoms with Crippen LogP contribution < -0.4 is 5.32 Å². The first-order chi connectivity index (χ1) is 18.5. The van der Waals surface area contributed by atoms with Crippen LogP contribution in [0.1, 0.15) is 31.8 Å². The number of carboxylic acids is 1. The summed E-state index contributed by atoms with van der Waals surface area (Å²) in [6.45, 7) is 0.655. The van der Waals surface area contributed by atoms with E-state index in [1.54, 1.807) is 28.9 Å². The van der Waals surface area contributed by atoms with Crippen LogP contribution in [0.4, 0.5) is 0 Å². The normalized spacial score (nSPS) is 11.2. The number of fused-ring (bicyclic) bond motifs is 2. The number of carbonyl (C=O) groups is 2. The molecule has 0 bridgehead atoms. The number of nitrogens with zero attached hydrogens (tertiary/aromatic N) is 4. The first-order valence-corrected chi connectivity index (χ1v) is 11.9. The summed E-state index contributed by atoms with van der Waals surface area (Å²) >= 11 is 0. The predicted octanol–water partition coefficient (Wildman–Crippen LogP) is 4.92. The van der Waals surface area contributed by atoms with Gasteiger partial charge in [-0.2, -0.15) is 0 Å². The van der Waals surface area contributed by atoms with Crippen molar-refractivity contribution in [3.8, 4) is 11.3 Å². The molecule has 0 aliphatic rings. The molecule has 1 amide bonds. The van der Waals surface area contributed by atoms with Crippen LogP contribution in [0, 0.1) is 0 Å². The quantitative estimate of drug-likeness (QED) is 0.317. The van der Waals surface area contributed by atoms with Gasteiger partial charge in [-0.15, -0.1) is 5.10 Å². The van der Waals surface area contributed by atoms with Crippen molar-refractivity contribution >= 4 is 33.7 Å². The fourth-order valence-electron chi connectivity index (χ4n) is 4.46. The number of amides is 1. The van der Waals surface area contributed by atoms with E-state index in [0.717, 1.165) is 21.9 Å². The summed E-state index contributed by atoms with van der Waals surface area (Å²) in [5.41, 5.74) is 4.80. The molecular formula is C29H21N5O4. The minimum absolute atomic E-state index is 0.186. The molecule has 0 spiro atoms. The lowest BCUT2D eigenvalue weighted by Crippen LogP contribution is -2.24. The summed E-state index contributed by atoms with van der Waals surface area (Å²) in [7, 11) is 0. The van der Waals surface area contributed by atoms with Gasteiger partial charge in [-0.1, -0.05) is 58.9 Å². The molecule has 0 saturated heterocycles. The number of carbonyl (C=O) groups excluding carboxylic acids is 1. The Morgan fingerprint density at radius 2 is 1.68 bits per heavy atom. The third-order valence-corrected chi connectivity index (χ3v) is 6.39. The number of carboxylic acid groups (broad SMARTS) is 1. The van der Waals surface area contributed by atoms with Crippen LogP contribution in [0.2, 0.25) is 0 Å². The van der Waals surface area contributed by atoms with Crippen LogP contribution >= 0.6 is 0 Å². The number of hydrogen-bond acceptors (Lipinski definition) is 6. The second-order valence-electron chi connectivity index (χ2n) is 8.89. The fourth-order valence-corrected chi connectivity index (χ4v) is 4.46. The number of hydrogen-bond donors (Lipinski definition) is 2. The van der Waals surface area contributed by atoms with Crippen LogP contribution in [-0.2, 0) is 13.1 Å². The molecule has 0 atom stereocenters. The minimum Gasteiger partial charge on any atom is -0.478 e. The molecule has 9 heteroatoms. The Morgan fingerprint density at radius 3 is 2.45 bits per heavy atom. The lowest BCUT2D eigenvalue weighted by Gasteiger charge is -2.11. The zero-order chi connectivity index (χ0) is 26.1. The van der Waals surface area contributed by atoms with Crippen LogP contribution in [0.25, 0.3) is 33.1 Å². The summed E-state index contributed by atoms with van der Waals surface area (Å²) in [6.07, 6.45) is 1.47. The summed E-state index contributed by atoms with van der Waals surface area (Å²) in [5, 5.41) is 27.0. The van der Waals surface area contributed by atoms with Crippen LogP contribution in [0.3, 0.4) is 0 Å². The van der Waals surface area contributed by atoms with Gasteiger partial charge in [0.05, 0.1) is 17.7 Å². The SMILES string of the molecule is O=C(O)c1ccc(CNC(=O)c2cc(-c3ccon3)cc3nnn(Cc4ccc5ccccc5c4)c23)cc1. The average molecular weight is 504 g/mol. The van der Waals surface area contributed by atoms with Gasteiger partial charge in [0.25, 0.3) is 5.91 Å². The van der Waals surface area contributed by atoms with E-state index in [2.05, 4.69) is 45.1 Å². The second kappa shape index (κ2) is 9.62. The van der Waals surface area contributed by atoms with Crippen molar-refractivity contribution in [3.63, 3.8) is 0 Å². The van der Waals surface area contributed by atoms with Crippen molar-refractivity contribution in [3.05, 3.63) is 113 Å². The van der Waals surface area contributed by atoms with Crippen LogP contribution in [-0.4, -0.2) is 37.1 Å². The number of benzene rings is 4. The maximum Gasteiger partial charge on any atom is 0.335 e. The molecule has 9 nitrogen and oxygen atoms in total. The molecule has 6 aromatic rings. The molecule has 2 heterocycles. The van der Waals surface area contributed by atoms with E-state index in [0.29, 0.717) is 34.4 Å². The van der Waals surface area contributed by atoms with E-state index in [4.69, 9.17) is 9.63 Å². The van der Waals surface area contributed by atoms with Crippen molar-refractivity contribution in [2.75, 3.05) is 0 Å². The molecule has 0 radical (unpaired) electrons. The zero-order valence-electron chi connectivity index (χ0n) is 20.0. The Morgan fingerprint density at radius 1 is 0.895 bits per heavy atom. The molecule has 0 aliphatic carbocycles. The third-order valence-electron chi connectivity index (χ3n) is 6.39. The molecule has 4 aromatic carbocycles. The molecule has 186 valence electrons. The summed E-state index contributed by atoms with van der Waals surface area (Å²) < 4.78 is 6.72. The maximum absolute atomic E-state index is 13.5. The minimum atomic E-state index is -1.00. The van der Waals surface area contributed by atoms with E-state index in [-0.39, 0.29) is 18.0 Å². The highest BCUT2D eigenvalue weighted by atomic mass is 16.5. The average Bonchev–Trinajstić information content (AvgIpc) is 3.62. The smallest absolute Gasteiger partial charge is 0.335 e. The van der Waals surface area contributed by atoms with Gasteiger partial charge in [0, 0.05) is 18.2 Å². The highest BCUT2D eigenvalue weighted by molar-refractivity contribution is 6.06. The van der Waals surface area contributed by atoms with Gasteiger partial charge >= 0.3 is 5.97 Å². The van der Waals surface area contributed by atoms with Gasteiger partial charge in [0.15, 0.2) is 0 Å². The molecule has 2 N–H and O–H groups in total. The Hall–Kier alpha value is -5.31. The summed E-state index contributed by atoms with van der Waals surface area (Å²) in [5.74, 6) is -1.32. The van der Waals surface area contributed by atoms with Crippen molar-refractivity contribution in [1.82, 2.24) is 25.5 Å². The van der Waals surface area contributed by atoms with Crippen molar-refractivity contribution in [2.45, 2.75) is 13.1 Å². The van der Waals surface area contributed by atoms with E-state index in [1.807, 2.05) is 24.3 Å². The molecule has 2 aromatic heterocycles. The fraction of sp³-hybridized carbons (Fsp3) is 0.0690. The highest BCUT2D eigenvalue weighted by Gasteiger charge is 2.19. The highest BCUT2D eigenvalue weighted by Crippen LogP contribution is 2.27. The van der Waals surface area contributed by atoms with Gasteiger partial charge in [0.1, 0.15) is 23.0 Å². The summed E-state index contributed by atoms with van der Waals surface area (Å²) in [4.78, 5) is 24.6. The van der Waals surface area contributed by atoms with Gasteiger partial charge in [-0.3, -0.25) is 4.79 Å². The van der Waals surface area contributed by atoms with E-state index >= 15 is 0 Å². The maximum atomic E-state index is 13.5. The van der Waals surface area contributed by atoms with E-state index in [9.17, 15) is 9.59 Å². The van der Waals surface area contributed by atoms with Crippen LogP contribution in [0.15, 0.2) is 95.7 Å². The first-order valence-electron chi connectivity index (χ1n) is 11.9. The topological polar surface area (TPSA) is 123 Å². The molecule has 0 fully saturated rings. The molecule has 38 heavy (non-hydrogen) atoms. The molecular weight excluding hydrogens is 482 g/mol. The monoisotopic (exact) mass is 503 g/mol. The number of rotatable bonds is 7. The van der Waals surface area contributed by atoms with Crippen molar-refractivity contribution < 1.29 is 19.2 Å². The number of nitrogens with one attached hydrogen (secondary N) is 1. The van der Waals surface area contributed by atoms with E-state index < -0.39 is 5.97 Å².